The van der Waals surface area contributed by atoms with Gasteiger partial charge in [0.2, 0.25) is 0 Å². The largest absolute Gasteiger partial charge is 0.455 e. The summed E-state index contributed by atoms with van der Waals surface area (Å²) in [5.74, 6) is 1.06. The van der Waals surface area contributed by atoms with Crippen LogP contribution >= 0.6 is 0 Å². The number of aryl methyl sites for hydroxylation is 2. The minimum atomic E-state index is -0.532. The average Bonchev–Trinajstić information content (AvgIpc) is 2.56. The Hall–Kier alpha value is -3.41. The molecule has 0 aliphatic rings. The number of hydrogen-bond donors (Lipinski definition) is 2. The topological polar surface area (TPSA) is 84.1 Å². The Kier molecular flexibility index (Phi) is 4.61. The third kappa shape index (κ3) is 3.74. The molecule has 1 amide bonds. The molecule has 0 saturated heterocycles. The van der Waals surface area contributed by atoms with Gasteiger partial charge in [-0.3, -0.25) is 9.59 Å². The van der Waals surface area contributed by atoms with Gasteiger partial charge in [0.15, 0.2) is 5.75 Å². The van der Waals surface area contributed by atoms with E-state index < -0.39 is 11.5 Å². The number of ether oxygens (including phenoxy) is 1. The van der Waals surface area contributed by atoms with E-state index in [1.807, 2.05) is 30.3 Å². The van der Waals surface area contributed by atoms with E-state index in [1.54, 1.807) is 38.1 Å². The molecule has 3 aromatic rings. The molecule has 1 heterocycles. The van der Waals surface area contributed by atoms with E-state index in [2.05, 4.69) is 15.3 Å². The zero-order valence-electron chi connectivity index (χ0n) is 13.9. The summed E-state index contributed by atoms with van der Waals surface area (Å²) in [5.41, 5.74) is 0.361. The number of H-pyrrole nitrogens is 1. The van der Waals surface area contributed by atoms with Crippen LogP contribution in [-0.4, -0.2) is 15.9 Å². The van der Waals surface area contributed by atoms with Gasteiger partial charge in [0.05, 0.1) is 11.4 Å². The summed E-state index contributed by atoms with van der Waals surface area (Å²) in [5, 5.41) is 2.72. The van der Waals surface area contributed by atoms with Gasteiger partial charge in [-0.05, 0) is 38.1 Å². The van der Waals surface area contributed by atoms with E-state index in [0.717, 1.165) is 0 Å². The fourth-order valence-corrected chi connectivity index (χ4v) is 2.45. The van der Waals surface area contributed by atoms with Crippen molar-refractivity contribution in [3.8, 4) is 11.5 Å². The first-order chi connectivity index (χ1) is 12.0. The standard InChI is InChI=1S/C19H17N3O3/c1-12-17(18(23)21-13(2)20-12)19(24)22-15-10-6-7-11-16(15)25-14-8-4-3-5-9-14/h3-11H,1-2H3,(H,22,24)(H,20,21,23). The van der Waals surface area contributed by atoms with Crippen molar-refractivity contribution in [2.24, 2.45) is 0 Å². The lowest BCUT2D eigenvalue weighted by Gasteiger charge is -2.12. The molecule has 2 aromatic carbocycles. The van der Waals surface area contributed by atoms with Gasteiger partial charge in [-0.1, -0.05) is 30.3 Å². The summed E-state index contributed by atoms with van der Waals surface area (Å²) in [4.78, 5) is 31.3. The molecule has 0 spiro atoms. The minimum Gasteiger partial charge on any atom is -0.455 e. The van der Waals surface area contributed by atoms with Gasteiger partial charge in [-0.25, -0.2) is 4.98 Å². The number of amides is 1. The Labute approximate surface area is 144 Å². The molecule has 3 rings (SSSR count). The number of carbonyl (C=O) groups excluding carboxylic acids is 1. The van der Waals surface area contributed by atoms with Gasteiger partial charge >= 0.3 is 0 Å². The first kappa shape index (κ1) is 16.4. The van der Waals surface area contributed by atoms with Gasteiger partial charge < -0.3 is 15.0 Å². The summed E-state index contributed by atoms with van der Waals surface area (Å²) in [6, 6.07) is 16.3. The predicted octanol–water partition coefficient (Wildman–Crippen LogP) is 3.43. The van der Waals surface area contributed by atoms with Crippen molar-refractivity contribution in [3.63, 3.8) is 0 Å². The SMILES string of the molecule is Cc1nc(C)c(C(=O)Nc2ccccc2Oc2ccccc2)c(=O)[nH]1. The van der Waals surface area contributed by atoms with Crippen LogP contribution < -0.4 is 15.6 Å². The summed E-state index contributed by atoms with van der Waals surface area (Å²) < 4.78 is 5.81. The number of carbonyl (C=O) groups is 1. The molecule has 1 aromatic heterocycles. The highest BCUT2D eigenvalue weighted by molar-refractivity contribution is 6.05. The predicted molar refractivity (Wildman–Crippen MR) is 95.2 cm³/mol. The lowest BCUT2D eigenvalue weighted by atomic mass is 10.2. The van der Waals surface area contributed by atoms with Crippen LogP contribution in [0.1, 0.15) is 21.9 Å². The Balaban J connectivity index is 1.89. The number of nitrogens with zero attached hydrogens (tertiary/aromatic N) is 1. The van der Waals surface area contributed by atoms with Crippen molar-refractivity contribution in [3.05, 3.63) is 82.0 Å². The first-order valence-corrected chi connectivity index (χ1v) is 7.75. The number of hydrogen-bond acceptors (Lipinski definition) is 4. The average molecular weight is 335 g/mol. The molecule has 0 atom stereocenters. The lowest BCUT2D eigenvalue weighted by molar-refractivity contribution is 0.102. The van der Waals surface area contributed by atoms with Gasteiger partial charge in [0.25, 0.3) is 11.5 Å². The van der Waals surface area contributed by atoms with E-state index >= 15 is 0 Å². The maximum absolute atomic E-state index is 12.5. The van der Waals surface area contributed by atoms with Crippen molar-refractivity contribution in [1.82, 2.24) is 9.97 Å². The van der Waals surface area contributed by atoms with Crippen LogP contribution in [0.5, 0.6) is 11.5 Å². The molecule has 126 valence electrons. The Morgan fingerprint density at radius 2 is 1.72 bits per heavy atom. The van der Waals surface area contributed by atoms with Crippen LogP contribution in [0, 0.1) is 13.8 Å². The number of nitrogens with one attached hydrogen (secondary N) is 2. The van der Waals surface area contributed by atoms with Crippen molar-refractivity contribution >= 4 is 11.6 Å². The third-order valence-corrected chi connectivity index (χ3v) is 3.55. The highest BCUT2D eigenvalue weighted by atomic mass is 16.5. The minimum absolute atomic E-state index is 0.0138. The molecular formula is C19H17N3O3. The molecule has 0 bridgehead atoms. The normalized spacial score (nSPS) is 10.3. The van der Waals surface area contributed by atoms with Crippen LogP contribution in [0.3, 0.4) is 0 Å². The van der Waals surface area contributed by atoms with Crippen molar-refractivity contribution in [2.45, 2.75) is 13.8 Å². The van der Waals surface area contributed by atoms with Crippen LogP contribution in [0.4, 0.5) is 5.69 Å². The summed E-state index contributed by atoms with van der Waals surface area (Å²) >= 11 is 0. The molecule has 25 heavy (non-hydrogen) atoms. The van der Waals surface area contributed by atoms with Gasteiger partial charge in [-0.2, -0.15) is 0 Å². The van der Waals surface area contributed by atoms with Crippen LogP contribution in [0.25, 0.3) is 0 Å². The summed E-state index contributed by atoms with van der Waals surface area (Å²) in [6.07, 6.45) is 0. The fraction of sp³-hybridized carbons (Fsp3) is 0.105. The lowest BCUT2D eigenvalue weighted by Crippen LogP contribution is -2.26. The number of anilines is 1. The second-order valence-electron chi connectivity index (χ2n) is 5.48. The molecule has 0 saturated carbocycles. The number of aromatic amines is 1. The number of aromatic nitrogens is 2. The summed E-state index contributed by atoms with van der Waals surface area (Å²) in [7, 11) is 0. The Morgan fingerprint density at radius 3 is 2.44 bits per heavy atom. The molecule has 2 N–H and O–H groups in total. The van der Waals surface area contributed by atoms with Crippen molar-refractivity contribution < 1.29 is 9.53 Å². The number of benzene rings is 2. The zero-order chi connectivity index (χ0) is 17.8. The number of para-hydroxylation sites is 3. The van der Waals surface area contributed by atoms with E-state index in [0.29, 0.717) is 28.7 Å². The van der Waals surface area contributed by atoms with Gasteiger partial charge in [-0.15, -0.1) is 0 Å². The smallest absolute Gasteiger partial charge is 0.264 e. The second kappa shape index (κ2) is 7.00. The molecule has 0 fully saturated rings. The first-order valence-electron chi connectivity index (χ1n) is 7.75. The monoisotopic (exact) mass is 335 g/mol. The number of rotatable bonds is 4. The molecule has 0 unspecified atom stereocenters. The van der Waals surface area contributed by atoms with Gasteiger partial charge in [0.1, 0.15) is 17.1 Å². The van der Waals surface area contributed by atoms with E-state index in [1.165, 1.54) is 0 Å². The van der Waals surface area contributed by atoms with E-state index in [9.17, 15) is 9.59 Å². The van der Waals surface area contributed by atoms with Gasteiger partial charge in [0, 0.05) is 0 Å². The van der Waals surface area contributed by atoms with Crippen LogP contribution in [0.15, 0.2) is 59.4 Å². The zero-order valence-corrected chi connectivity index (χ0v) is 13.9. The summed E-state index contributed by atoms with van der Waals surface area (Å²) in [6.45, 7) is 3.29. The third-order valence-electron chi connectivity index (χ3n) is 3.55. The molecule has 6 heteroatoms. The van der Waals surface area contributed by atoms with Crippen LogP contribution in [-0.2, 0) is 0 Å². The van der Waals surface area contributed by atoms with Crippen LogP contribution in [0.2, 0.25) is 0 Å². The highest BCUT2D eigenvalue weighted by Crippen LogP contribution is 2.29. The second-order valence-corrected chi connectivity index (χ2v) is 5.48. The maximum atomic E-state index is 12.5. The fourth-order valence-electron chi connectivity index (χ4n) is 2.45. The molecular weight excluding hydrogens is 318 g/mol. The molecule has 0 aliphatic carbocycles. The van der Waals surface area contributed by atoms with E-state index in [4.69, 9.17) is 4.74 Å². The molecule has 0 radical (unpaired) electrons. The quantitative estimate of drug-likeness (QED) is 0.765. The Bertz CT molecular complexity index is 965. The molecule has 6 nitrogen and oxygen atoms in total. The van der Waals surface area contributed by atoms with Crippen molar-refractivity contribution in [2.75, 3.05) is 5.32 Å². The highest BCUT2D eigenvalue weighted by Gasteiger charge is 2.17. The molecule has 0 aliphatic heterocycles. The van der Waals surface area contributed by atoms with Crippen molar-refractivity contribution in [1.29, 1.82) is 0 Å². The van der Waals surface area contributed by atoms with E-state index in [-0.39, 0.29) is 5.56 Å². The Morgan fingerprint density at radius 1 is 1.04 bits per heavy atom. The maximum Gasteiger partial charge on any atom is 0.264 e.